The van der Waals surface area contributed by atoms with E-state index in [1.807, 2.05) is 0 Å². The maximum atomic E-state index is 13.0. The van der Waals surface area contributed by atoms with Crippen LogP contribution in [0, 0.1) is 5.82 Å². The van der Waals surface area contributed by atoms with Crippen molar-refractivity contribution in [1.29, 1.82) is 0 Å². The molecular weight excluding hydrogens is 310 g/mol. The molecule has 1 atom stereocenters. The Bertz CT molecular complexity index is 446. The van der Waals surface area contributed by atoms with Crippen molar-refractivity contribution < 1.29 is 9.18 Å². The number of amides is 1. The number of likely N-dealkylation sites (tertiary alicyclic amines) is 1. The Balaban J connectivity index is 2.22. The third-order valence-electron chi connectivity index (χ3n) is 2.75. The van der Waals surface area contributed by atoms with E-state index in [2.05, 4.69) is 21.2 Å². The number of likely N-dealkylation sites (N-methyl/N-ethyl adjacent to an activating group) is 1. The molecule has 2 rings (SSSR count). The Morgan fingerprint density at radius 1 is 1.59 bits per heavy atom. The van der Waals surface area contributed by atoms with E-state index in [-0.39, 0.29) is 17.0 Å². The Morgan fingerprint density at radius 3 is 2.82 bits per heavy atom. The highest BCUT2D eigenvalue weighted by Crippen LogP contribution is 2.33. The lowest BCUT2D eigenvalue weighted by molar-refractivity contribution is -0.127. The molecule has 17 heavy (non-hydrogen) atoms. The van der Waals surface area contributed by atoms with Crippen LogP contribution in [0.5, 0.6) is 0 Å². The second kappa shape index (κ2) is 4.82. The van der Waals surface area contributed by atoms with E-state index in [1.54, 1.807) is 11.9 Å². The Labute approximate surface area is 112 Å². The van der Waals surface area contributed by atoms with E-state index in [9.17, 15) is 9.18 Å². The largest absolute Gasteiger partial charge is 0.371 e. The predicted molar refractivity (Wildman–Crippen MR) is 68.8 cm³/mol. The maximum Gasteiger partial charge on any atom is 0.244 e. The number of nitrogens with zero attached hydrogens (tertiary/aromatic N) is 1. The molecule has 1 heterocycles. The minimum atomic E-state index is -0.415. The van der Waals surface area contributed by atoms with Crippen molar-refractivity contribution in [3.05, 3.63) is 27.4 Å². The molecule has 0 aromatic heterocycles. The highest BCUT2D eigenvalue weighted by Gasteiger charge is 2.29. The molecule has 3 nitrogen and oxygen atoms in total. The Hall–Kier alpha value is -0.810. The lowest BCUT2D eigenvalue weighted by Crippen LogP contribution is -2.31. The van der Waals surface area contributed by atoms with Gasteiger partial charge in [-0.1, -0.05) is 11.6 Å². The second-order valence-electron chi connectivity index (χ2n) is 3.99. The van der Waals surface area contributed by atoms with E-state index in [1.165, 1.54) is 12.1 Å². The van der Waals surface area contributed by atoms with Crippen LogP contribution < -0.4 is 5.32 Å². The standard InChI is InChI=1S/C11H11BrClFN2O/c1-16-3-2-9(11(16)17)15-10-7(12)4-6(14)5-8(10)13/h4-5,9,15H,2-3H2,1H3. The summed E-state index contributed by atoms with van der Waals surface area (Å²) in [6, 6.07) is 2.24. The van der Waals surface area contributed by atoms with E-state index >= 15 is 0 Å². The average molecular weight is 322 g/mol. The molecule has 1 saturated heterocycles. The van der Waals surface area contributed by atoms with Gasteiger partial charge in [0.1, 0.15) is 11.9 Å². The van der Waals surface area contributed by atoms with Crippen LogP contribution in [-0.4, -0.2) is 30.4 Å². The molecule has 1 N–H and O–H groups in total. The first-order valence-electron chi connectivity index (χ1n) is 5.15. The van der Waals surface area contributed by atoms with Gasteiger partial charge in [0.05, 0.1) is 10.7 Å². The van der Waals surface area contributed by atoms with Crippen LogP contribution in [0.3, 0.4) is 0 Å². The molecule has 1 aromatic carbocycles. The third kappa shape index (κ3) is 2.55. The summed E-state index contributed by atoms with van der Waals surface area (Å²) in [6.07, 6.45) is 0.718. The van der Waals surface area contributed by atoms with Gasteiger partial charge in [0, 0.05) is 18.1 Å². The summed E-state index contributed by atoms with van der Waals surface area (Å²) in [7, 11) is 1.76. The zero-order chi connectivity index (χ0) is 12.6. The van der Waals surface area contributed by atoms with Gasteiger partial charge in [-0.3, -0.25) is 4.79 Å². The Morgan fingerprint density at radius 2 is 2.29 bits per heavy atom. The van der Waals surface area contributed by atoms with Crippen molar-refractivity contribution in [3.63, 3.8) is 0 Å². The van der Waals surface area contributed by atoms with Crippen LogP contribution in [0.25, 0.3) is 0 Å². The van der Waals surface area contributed by atoms with Crippen molar-refractivity contribution in [2.24, 2.45) is 0 Å². The molecule has 0 radical (unpaired) electrons. The second-order valence-corrected chi connectivity index (χ2v) is 5.25. The topological polar surface area (TPSA) is 32.3 Å². The molecular formula is C11H11BrClFN2O. The highest BCUT2D eigenvalue weighted by atomic mass is 79.9. The maximum absolute atomic E-state index is 13.0. The van der Waals surface area contributed by atoms with Gasteiger partial charge < -0.3 is 10.2 Å². The first-order valence-corrected chi connectivity index (χ1v) is 6.32. The van der Waals surface area contributed by atoms with E-state index in [0.29, 0.717) is 16.7 Å². The van der Waals surface area contributed by atoms with Crippen LogP contribution >= 0.6 is 27.5 Å². The predicted octanol–water partition coefficient (Wildman–Crippen LogP) is 2.88. The zero-order valence-electron chi connectivity index (χ0n) is 9.14. The van der Waals surface area contributed by atoms with Crippen LogP contribution in [0.1, 0.15) is 6.42 Å². The van der Waals surface area contributed by atoms with Crippen molar-refractivity contribution in [3.8, 4) is 0 Å². The summed E-state index contributed by atoms with van der Waals surface area (Å²) in [4.78, 5) is 13.4. The molecule has 0 aliphatic carbocycles. The molecule has 1 fully saturated rings. The molecule has 1 aliphatic heterocycles. The summed E-state index contributed by atoms with van der Waals surface area (Å²) in [5, 5.41) is 3.31. The normalized spacial score (nSPS) is 19.9. The molecule has 6 heteroatoms. The molecule has 0 saturated carbocycles. The zero-order valence-corrected chi connectivity index (χ0v) is 11.5. The van der Waals surface area contributed by atoms with E-state index in [4.69, 9.17) is 11.6 Å². The molecule has 0 bridgehead atoms. The fourth-order valence-corrected chi connectivity index (χ4v) is 2.73. The summed E-state index contributed by atoms with van der Waals surface area (Å²) in [6.45, 7) is 0.715. The lowest BCUT2D eigenvalue weighted by atomic mass is 10.2. The molecule has 1 aliphatic rings. The van der Waals surface area contributed by atoms with Crippen LogP contribution in [0.15, 0.2) is 16.6 Å². The first kappa shape index (κ1) is 12.6. The number of anilines is 1. The number of nitrogens with one attached hydrogen (secondary N) is 1. The number of carbonyl (C=O) groups excluding carboxylic acids is 1. The van der Waals surface area contributed by atoms with Crippen LogP contribution in [0.4, 0.5) is 10.1 Å². The molecule has 1 aromatic rings. The van der Waals surface area contributed by atoms with Gasteiger partial charge in [0.2, 0.25) is 5.91 Å². The molecule has 92 valence electrons. The minimum Gasteiger partial charge on any atom is -0.371 e. The van der Waals surface area contributed by atoms with Crippen molar-refractivity contribution in [2.45, 2.75) is 12.5 Å². The summed E-state index contributed by atoms with van der Waals surface area (Å²) < 4.78 is 13.6. The Kier molecular flexibility index (Phi) is 3.58. The lowest BCUT2D eigenvalue weighted by Gasteiger charge is -2.16. The van der Waals surface area contributed by atoms with Gasteiger partial charge in [-0.25, -0.2) is 4.39 Å². The molecule has 1 amide bonds. The number of hydrogen-bond acceptors (Lipinski definition) is 2. The number of hydrogen-bond donors (Lipinski definition) is 1. The van der Waals surface area contributed by atoms with Gasteiger partial charge in [-0.2, -0.15) is 0 Å². The van der Waals surface area contributed by atoms with E-state index < -0.39 is 5.82 Å². The summed E-state index contributed by atoms with van der Waals surface area (Å²) in [5.41, 5.74) is 0.557. The smallest absolute Gasteiger partial charge is 0.244 e. The van der Waals surface area contributed by atoms with Gasteiger partial charge in [-0.05, 0) is 34.5 Å². The average Bonchev–Trinajstić information content (AvgIpc) is 2.54. The number of benzene rings is 1. The van der Waals surface area contributed by atoms with Gasteiger partial charge >= 0.3 is 0 Å². The fourth-order valence-electron chi connectivity index (χ4n) is 1.81. The minimum absolute atomic E-state index is 0.0253. The number of carbonyl (C=O) groups is 1. The SMILES string of the molecule is CN1CCC(Nc2c(Cl)cc(F)cc2Br)C1=O. The van der Waals surface area contributed by atoms with Crippen molar-refractivity contribution >= 4 is 39.1 Å². The molecule has 0 spiro atoms. The van der Waals surface area contributed by atoms with Crippen molar-refractivity contribution in [2.75, 3.05) is 18.9 Å². The van der Waals surface area contributed by atoms with E-state index in [0.717, 1.165) is 6.42 Å². The van der Waals surface area contributed by atoms with Gasteiger partial charge in [0.25, 0.3) is 0 Å². The van der Waals surface area contributed by atoms with Crippen molar-refractivity contribution in [1.82, 2.24) is 4.90 Å². The van der Waals surface area contributed by atoms with Crippen LogP contribution in [0.2, 0.25) is 5.02 Å². The first-order chi connectivity index (χ1) is 7.99. The quantitative estimate of drug-likeness (QED) is 0.908. The van der Waals surface area contributed by atoms with Gasteiger partial charge in [-0.15, -0.1) is 0 Å². The summed E-state index contributed by atoms with van der Waals surface area (Å²) in [5.74, 6) is -0.389. The summed E-state index contributed by atoms with van der Waals surface area (Å²) >= 11 is 9.17. The third-order valence-corrected chi connectivity index (χ3v) is 3.68. The molecule has 1 unspecified atom stereocenters. The number of rotatable bonds is 2. The monoisotopic (exact) mass is 320 g/mol. The van der Waals surface area contributed by atoms with Crippen LogP contribution in [-0.2, 0) is 4.79 Å². The van der Waals surface area contributed by atoms with Gasteiger partial charge in [0.15, 0.2) is 0 Å². The fraction of sp³-hybridized carbons (Fsp3) is 0.364. The number of halogens is 3. The highest BCUT2D eigenvalue weighted by molar-refractivity contribution is 9.10.